The van der Waals surface area contributed by atoms with Gasteiger partial charge in [-0.3, -0.25) is 0 Å². The van der Waals surface area contributed by atoms with Gasteiger partial charge in [0.15, 0.2) is 0 Å². The summed E-state index contributed by atoms with van der Waals surface area (Å²) in [5, 5.41) is 12.6. The summed E-state index contributed by atoms with van der Waals surface area (Å²) in [6.07, 6.45) is 0.526. The first-order valence-corrected chi connectivity index (χ1v) is 5.99. The van der Waals surface area contributed by atoms with Crippen molar-refractivity contribution in [3.05, 3.63) is 21.3 Å². The third-order valence-corrected chi connectivity index (χ3v) is 3.57. The molecule has 2 N–H and O–H groups in total. The molecule has 1 aromatic rings. The molecule has 4 heteroatoms. The molecule has 0 aliphatic carbocycles. The van der Waals surface area contributed by atoms with Gasteiger partial charge in [0.25, 0.3) is 0 Å². The van der Waals surface area contributed by atoms with Crippen LogP contribution in [0.1, 0.15) is 31.2 Å². The highest BCUT2D eigenvalue weighted by molar-refractivity contribution is 7.16. The minimum absolute atomic E-state index is 0.257. The number of aliphatic hydroxyl groups excluding tert-OH is 1. The van der Waals surface area contributed by atoms with Crippen molar-refractivity contribution >= 4 is 22.9 Å². The molecule has 0 aliphatic rings. The van der Waals surface area contributed by atoms with E-state index >= 15 is 0 Å². The molecule has 2 nitrogen and oxygen atoms in total. The van der Waals surface area contributed by atoms with Crippen LogP contribution in [0.15, 0.2) is 12.1 Å². The van der Waals surface area contributed by atoms with Gasteiger partial charge in [0, 0.05) is 17.5 Å². The molecule has 0 fully saturated rings. The number of hydrogen-bond acceptors (Lipinski definition) is 3. The fraction of sp³-hybridized carbons (Fsp3) is 0.600. The number of halogens is 1. The summed E-state index contributed by atoms with van der Waals surface area (Å²) in [5.41, 5.74) is 0. The number of rotatable bonds is 5. The van der Waals surface area contributed by atoms with Gasteiger partial charge in [-0.15, -0.1) is 11.3 Å². The van der Waals surface area contributed by atoms with Crippen LogP contribution in [0.4, 0.5) is 0 Å². The molecule has 80 valence electrons. The Bertz CT molecular complexity index is 277. The predicted molar refractivity (Wildman–Crippen MR) is 62.0 cm³/mol. The lowest BCUT2D eigenvalue weighted by Gasteiger charge is -2.14. The largest absolute Gasteiger partial charge is 0.392 e. The molecule has 0 unspecified atom stereocenters. The maximum absolute atomic E-state index is 9.37. The van der Waals surface area contributed by atoms with E-state index in [0.717, 1.165) is 10.8 Å². The number of aliphatic hydroxyl groups is 1. The van der Waals surface area contributed by atoms with E-state index < -0.39 is 0 Å². The lowest BCUT2D eigenvalue weighted by Crippen LogP contribution is -2.28. The van der Waals surface area contributed by atoms with Crippen LogP contribution in [0.2, 0.25) is 4.34 Å². The van der Waals surface area contributed by atoms with Gasteiger partial charge in [-0.2, -0.15) is 0 Å². The van der Waals surface area contributed by atoms with E-state index in [1.807, 2.05) is 19.1 Å². The van der Waals surface area contributed by atoms with Crippen LogP contribution in [-0.4, -0.2) is 17.8 Å². The van der Waals surface area contributed by atoms with Gasteiger partial charge in [0.1, 0.15) is 0 Å². The molecule has 0 aromatic carbocycles. The van der Waals surface area contributed by atoms with E-state index in [9.17, 15) is 5.11 Å². The normalized spacial score (nSPS) is 15.4. The lowest BCUT2D eigenvalue weighted by molar-refractivity contribution is 0.164. The van der Waals surface area contributed by atoms with Crippen LogP contribution in [0.3, 0.4) is 0 Å². The third kappa shape index (κ3) is 3.58. The Kier molecular flexibility index (Phi) is 4.89. The summed E-state index contributed by atoms with van der Waals surface area (Å²) >= 11 is 7.41. The Labute approximate surface area is 93.9 Å². The molecule has 1 rings (SSSR count). The van der Waals surface area contributed by atoms with Crippen molar-refractivity contribution < 1.29 is 5.11 Å². The molecule has 0 bridgehead atoms. The zero-order chi connectivity index (χ0) is 10.6. The summed E-state index contributed by atoms with van der Waals surface area (Å²) in [5.74, 6) is 0. The van der Waals surface area contributed by atoms with Crippen LogP contribution in [-0.2, 0) is 0 Å². The molecule has 1 aromatic heterocycles. The van der Waals surface area contributed by atoms with Gasteiger partial charge in [-0.1, -0.05) is 18.5 Å². The van der Waals surface area contributed by atoms with Gasteiger partial charge in [0.05, 0.1) is 10.4 Å². The molecule has 0 spiro atoms. The first-order chi connectivity index (χ1) is 6.63. The van der Waals surface area contributed by atoms with Crippen LogP contribution >= 0.6 is 22.9 Å². The number of thiophene rings is 1. The highest BCUT2D eigenvalue weighted by Crippen LogP contribution is 2.26. The molecule has 2 atom stereocenters. The zero-order valence-corrected chi connectivity index (χ0v) is 10.0. The lowest BCUT2D eigenvalue weighted by atomic mass is 10.2. The monoisotopic (exact) mass is 233 g/mol. The van der Waals surface area contributed by atoms with Crippen LogP contribution < -0.4 is 5.32 Å². The Balaban J connectivity index is 2.39. The smallest absolute Gasteiger partial charge is 0.0931 e. The number of nitrogens with one attached hydrogen (secondary N) is 1. The highest BCUT2D eigenvalue weighted by Gasteiger charge is 2.09. The minimum atomic E-state index is -0.257. The predicted octanol–water partition coefficient (Wildman–Crippen LogP) is 2.82. The molecular weight excluding hydrogens is 218 g/mol. The second-order valence-electron chi connectivity index (χ2n) is 3.33. The first kappa shape index (κ1) is 12.0. The topological polar surface area (TPSA) is 32.3 Å². The standard InChI is InChI=1S/C10H16ClNOS/c1-3-8(13)6-12-7(2)9-4-5-10(11)14-9/h4-5,7-8,12-13H,3,6H2,1-2H3/t7-,8-/m1/s1. The second kappa shape index (κ2) is 5.71. The van der Waals surface area contributed by atoms with Crippen LogP contribution in [0, 0.1) is 0 Å². The van der Waals surface area contributed by atoms with Gasteiger partial charge in [-0.05, 0) is 25.5 Å². The van der Waals surface area contributed by atoms with Gasteiger partial charge in [0.2, 0.25) is 0 Å². The summed E-state index contributed by atoms with van der Waals surface area (Å²) in [6.45, 7) is 4.68. The highest BCUT2D eigenvalue weighted by atomic mass is 35.5. The Hall–Kier alpha value is -0.0900. The summed E-state index contributed by atoms with van der Waals surface area (Å²) in [4.78, 5) is 1.21. The van der Waals surface area contributed by atoms with Crippen LogP contribution in [0.5, 0.6) is 0 Å². The third-order valence-electron chi connectivity index (χ3n) is 2.15. The quantitative estimate of drug-likeness (QED) is 0.820. The maximum atomic E-state index is 9.37. The van der Waals surface area contributed by atoms with Crippen molar-refractivity contribution in [2.75, 3.05) is 6.54 Å². The molecule has 0 saturated carbocycles. The van der Waals surface area contributed by atoms with Crippen molar-refractivity contribution in [1.82, 2.24) is 5.32 Å². The summed E-state index contributed by atoms with van der Waals surface area (Å²) in [6, 6.07) is 4.17. The first-order valence-electron chi connectivity index (χ1n) is 4.80. The van der Waals surface area contributed by atoms with E-state index in [1.54, 1.807) is 11.3 Å². The average molecular weight is 234 g/mol. The van der Waals surface area contributed by atoms with Crippen molar-refractivity contribution in [3.8, 4) is 0 Å². The number of hydrogen-bond donors (Lipinski definition) is 2. The molecule has 0 aliphatic heterocycles. The fourth-order valence-corrected chi connectivity index (χ4v) is 2.21. The molecular formula is C10H16ClNOS. The van der Waals surface area contributed by atoms with Crippen molar-refractivity contribution in [2.24, 2.45) is 0 Å². The molecule has 0 amide bonds. The Morgan fingerprint density at radius 1 is 1.57 bits per heavy atom. The van der Waals surface area contributed by atoms with E-state index in [-0.39, 0.29) is 12.1 Å². The summed E-state index contributed by atoms with van der Waals surface area (Å²) < 4.78 is 0.810. The molecule has 0 radical (unpaired) electrons. The Morgan fingerprint density at radius 3 is 2.79 bits per heavy atom. The minimum Gasteiger partial charge on any atom is -0.392 e. The van der Waals surface area contributed by atoms with E-state index in [4.69, 9.17) is 11.6 Å². The van der Waals surface area contributed by atoms with Gasteiger partial charge >= 0.3 is 0 Å². The van der Waals surface area contributed by atoms with Crippen molar-refractivity contribution in [1.29, 1.82) is 0 Å². The molecule has 14 heavy (non-hydrogen) atoms. The SMILES string of the molecule is CC[C@@H](O)CN[C@H](C)c1ccc(Cl)s1. The summed E-state index contributed by atoms with van der Waals surface area (Å²) in [7, 11) is 0. The van der Waals surface area contributed by atoms with E-state index in [2.05, 4.69) is 12.2 Å². The second-order valence-corrected chi connectivity index (χ2v) is 5.08. The van der Waals surface area contributed by atoms with Crippen molar-refractivity contribution in [3.63, 3.8) is 0 Å². The van der Waals surface area contributed by atoms with Gasteiger partial charge in [-0.25, -0.2) is 0 Å². The molecule has 1 heterocycles. The maximum Gasteiger partial charge on any atom is 0.0931 e. The molecule has 0 saturated heterocycles. The fourth-order valence-electron chi connectivity index (χ4n) is 1.12. The van der Waals surface area contributed by atoms with Crippen LogP contribution in [0.25, 0.3) is 0 Å². The van der Waals surface area contributed by atoms with E-state index in [1.165, 1.54) is 4.88 Å². The average Bonchev–Trinajstić information content (AvgIpc) is 2.60. The zero-order valence-electron chi connectivity index (χ0n) is 8.46. The van der Waals surface area contributed by atoms with Gasteiger partial charge < -0.3 is 10.4 Å². The Morgan fingerprint density at radius 2 is 2.29 bits per heavy atom. The van der Waals surface area contributed by atoms with Crippen molar-refractivity contribution in [2.45, 2.75) is 32.4 Å². The van der Waals surface area contributed by atoms with E-state index in [0.29, 0.717) is 6.54 Å².